The summed E-state index contributed by atoms with van der Waals surface area (Å²) in [7, 11) is 0. The standard InChI is InChI=1S/C26H25N3O3S/c30-26(27-9-6-12-29-10-4-5-11-29)25-23(17-7-2-1-3-8-17)19-15-28-20-14-22-21(31-16-32-22)13-18(20)24(19)33-25/h1-3,7-8,13-15H,4-6,9-12,16H2,(H,27,30). The van der Waals surface area contributed by atoms with E-state index in [9.17, 15) is 4.79 Å². The van der Waals surface area contributed by atoms with Gasteiger partial charge in [0.05, 0.1) is 5.52 Å². The highest BCUT2D eigenvalue weighted by atomic mass is 32.1. The average molecular weight is 460 g/mol. The minimum Gasteiger partial charge on any atom is -0.454 e. The number of likely N-dealkylation sites (tertiary alicyclic amines) is 1. The quantitative estimate of drug-likeness (QED) is 0.408. The van der Waals surface area contributed by atoms with Crippen LogP contribution in [0.2, 0.25) is 0 Å². The summed E-state index contributed by atoms with van der Waals surface area (Å²) in [5, 5.41) is 5.13. The molecule has 4 aromatic rings. The SMILES string of the molecule is O=C(NCCCN1CCCC1)c1sc2c(cnc3cc4c(cc32)OCO4)c1-c1ccccc1. The van der Waals surface area contributed by atoms with E-state index in [4.69, 9.17) is 14.5 Å². The van der Waals surface area contributed by atoms with Crippen LogP contribution in [-0.4, -0.2) is 48.8 Å². The lowest BCUT2D eigenvalue weighted by Gasteiger charge is -2.14. The number of benzene rings is 2. The van der Waals surface area contributed by atoms with Crippen LogP contribution in [0.3, 0.4) is 0 Å². The number of amides is 1. The van der Waals surface area contributed by atoms with Gasteiger partial charge in [-0.3, -0.25) is 9.78 Å². The minimum atomic E-state index is -0.0228. The molecule has 2 aliphatic rings. The first kappa shape index (κ1) is 20.4. The Hall–Kier alpha value is -3.16. The van der Waals surface area contributed by atoms with Crippen molar-refractivity contribution in [1.82, 2.24) is 15.2 Å². The molecule has 7 heteroatoms. The first-order chi connectivity index (χ1) is 16.3. The number of thiophene rings is 1. The summed E-state index contributed by atoms with van der Waals surface area (Å²) in [5.74, 6) is 1.41. The maximum atomic E-state index is 13.3. The maximum Gasteiger partial charge on any atom is 0.262 e. The Morgan fingerprint density at radius 1 is 1.06 bits per heavy atom. The molecule has 0 aliphatic carbocycles. The van der Waals surface area contributed by atoms with Crippen LogP contribution in [0, 0.1) is 0 Å². The Morgan fingerprint density at radius 3 is 2.67 bits per heavy atom. The lowest BCUT2D eigenvalue weighted by Crippen LogP contribution is -2.28. The van der Waals surface area contributed by atoms with E-state index in [1.807, 2.05) is 36.5 Å². The van der Waals surface area contributed by atoms with Crippen molar-refractivity contribution in [3.8, 4) is 22.6 Å². The number of fused-ring (bicyclic) bond motifs is 4. The number of aromatic nitrogens is 1. The Bertz CT molecular complexity index is 1330. The first-order valence-electron chi connectivity index (χ1n) is 11.5. The van der Waals surface area contributed by atoms with Gasteiger partial charge in [-0.15, -0.1) is 11.3 Å². The van der Waals surface area contributed by atoms with E-state index < -0.39 is 0 Å². The molecule has 1 N–H and O–H groups in total. The summed E-state index contributed by atoms with van der Waals surface area (Å²) in [6.45, 7) is 4.30. The minimum absolute atomic E-state index is 0.0228. The van der Waals surface area contributed by atoms with Gasteiger partial charge >= 0.3 is 0 Å². The summed E-state index contributed by atoms with van der Waals surface area (Å²) in [4.78, 5) is 21.2. The zero-order valence-corrected chi connectivity index (χ0v) is 19.1. The fourth-order valence-electron chi connectivity index (χ4n) is 4.76. The fraction of sp³-hybridized carbons (Fsp3) is 0.308. The number of carbonyl (C=O) groups is 1. The van der Waals surface area contributed by atoms with Crippen LogP contribution in [0.1, 0.15) is 28.9 Å². The molecule has 0 spiro atoms. The van der Waals surface area contributed by atoms with E-state index in [1.165, 1.54) is 37.3 Å². The van der Waals surface area contributed by atoms with Crippen molar-refractivity contribution in [3.63, 3.8) is 0 Å². The monoisotopic (exact) mass is 459 g/mol. The number of nitrogens with zero attached hydrogens (tertiary/aromatic N) is 2. The van der Waals surface area contributed by atoms with Crippen molar-refractivity contribution in [3.05, 3.63) is 53.5 Å². The van der Waals surface area contributed by atoms with Crippen molar-refractivity contribution in [2.24, 2.45) is 0 Å². The van der Waals surface area contributed by atoms with Gasteiger partial charge in [0.15, 0.2) is 11.5 Å². The second-order valence-corrected chi connectivity index (χ2v) is 9.57. The van der Waals surface area contributed by atoms with E-state index in [0.29, 0.717) is 12.3 Å². The second kappa shape index (κ2) is 8.65. The van der Waals surface area contributed by atoms with Crippen molar-refractivity contribution in [2.75, 3.05) is 33.0 Å². The topological polar surface area (TPSA) is 63.7 Å². The third-order valence-corrected chi connectivity index (χ3v) is 7.66. The van der Waals surface area contributed by atoms with Crippen LogP contribution in [0.5, 0.6) is 11.5 Å². The van der Waals surface area contributed by atoms with Crippen molar-refractivity contribution >= 4 is 38.2 Å². The predicted molar refractivity (Wildman–Crippen MR) is 131 cm³/mol. The predicted octanol–water partition coefficient (Wildman–Crippen LogP) is 5.06. The molecule has 1 amide bonds. The largest absolute Gasteiger partial charge is 0.454 e. The molecular weight excluding hydrogens is 434 g/mol. The van der Waals surface area contributed by atoms with Gasteiger partial charge in [-0.05, 0) is 50.5 Å². The summed E-state index contributed by atoms with van der Waals surface area (Å²) in [5.41, 5.74) is 2.80. The second-order valence-electron chi connectivity index (χ2n) is 8.55. The van der Waals surface area contributed by atoms with Crippen LogP contribution in [0.4, 0.5) is 0 Å². The molecule has 2 aliphatic heterocycles. The van der Waals surface area contributed by atoms with E-state index in [2.05, 4.69) is 22.3 Å². The zero-order chi connectivity index (χ0) is 22.2. The van der Waals surface area contributed by atoms with E-state index in [1.54, 1.807) is 0 Å². The molecule has 0 atom stereocenters. The molecule has 1 saturated heterocycles. The summed E-state index contributed by atoms with van der Waals surface area (Å²) >= 11 is 1.53. The molecule has 33 heavy (non-hydrogen) atoms. The average Bonchev–Trinajstić information content (AvgIpc) is 3.60. The van der Waals surface area contributed by atoms with Crippen molar-refractivity contribution in [1.29, 1.82) is 0 Å². The third kappa shape index (κ3) is 3.81. The number of carbonyl (C=O) groups excluding carboxylic acids is 1. The van der Waals surface area contributed by atoms with Gasteiger partial charge in [-0.2, -0.15) is 0 Å². The normalized spacial score (nSPS) is 15.5. The van der Waals surface area contributed by atoms with Crippen LogP contribution in [0.25, 0.3) is 32.1 Å². The molecule has 2 aromatic carbocycles. The number of rotatable bonds is 6. The molecule has 0 bridgehead atoms. The van der Waals surface area contributed by atoms with Gasteiger partial charge in [0.25, 0.3) is 5.91 Å². The lowest BCUT2D eigenvalue weighted by molar-refractivity contribution is 0.0956. The smallest absolute Gasteiger partial charge is 0.262 e. The lowest BCUT2D eigenvalue weighted by atomic mass is 10.0. The molecule has 4 heterocycles. The molecule has 2 aromatic heterocycles. The fourth-order valence-corrected chi connectivity index (χ4v) is 6.00. The van der Waals surface area contributed by atoms with Gasteiger partial charge in [-0.1, -0.05) is 30.3 Å². The van der Waals surface area contributed by atoms with Gasteiger partial charge < -0.3 is 19.7 Å². The summed E-state index contributed by atoms with van der Waals surface area (Å²) in [6.07, 6.45) is 5.42. The zero-order valence-electron chi connectivity index (χ0n) is 18.3. The van der Waals surface area contributed by atoms with Crippen molar-refractivity contribution in [2.45, 2.75) is 19.3 Å². The highest BCUT2D eigenvalue weighted by Crippen LogP contribution is 2.44. The first-order valence-corrected chi connectivity index (χ1v) is 12.3. The maximum absolute atomic E-state index is 13.3. The number of nitrogens with one attached hydrogen (secondary N) is 1. The number of pyridine rings is 1. The van der Waals surface area contributed by atoms with Gasteiger partial charge in [0.2, 0.25) is 6.79 Å². The van der Waals surface area contributed by atoms with Gasteiger partial charge in [0.1, 0.15) is 4.88 Å². The molecule has 0 unspecified atom stereocenters. The molecular formula is C26H25N3O3S. The Morgan fingerprint density at radius 2 is 1.85 bits per heavy atom. The molecule has 0 radical (unpaired) electrons. The summed E-state index contributed by atoms with van der Waals surface area (Å²) in [6, 6.07) is 14.0. The number of hydrogen-bond acceptors (Lipinski definition) is 6. The van der Waals surface area contributed by atoms with Gasteiger partial charge in [-0.25, -0.2) is 0 Å². The molecule has 168 valence electrons. The van der Waals surface area contributed by atoms with Crippen LogP contribution in [-0.2, 0) is 0 Å². The number of ether oxygens (including phenoxy) is 2. The van der Waals surface area contributed by atoms with Crippen LogP contribution in [0.15, 0.2) is 48.7 Å². The van der Waals surface area contributed by atoms with Crippen LogP contribution >= 0.6 is 11.3 Å². The molecule has 1 fully saturated rings. The van der Waals surface area contributed by atoms with Gasteiger partial charge in [0, 0.05) is 39.8 Å². The summed E-state index contributed by atoms with van der Waals surface area (Å²) < 4.78 is 12.2. The Labute approximate surface area is 196 Å². The van der Waals surface area contributed by atoms with E-state index in [-0.39, 0.29) is 12.7 Å². The van der Waals surface area contributed by atoms with Crippen molar-refractivity contribution < 1.29 is 14.3 Å². The third-order valence-electron chi connectivity index (χ3n) is 6.42. The van der Waals surface area contributed by atoms with E-state index >= 15 is 0 Å². The highest BCUT2D eigenvalue weighted by Gasteiger charge is 2.23. The van der Waals surface area contributed by atoms with Crippen LogP contribution < -0.4 is 14.8 Å². The Balaban J connectivity index is 1.37. The molecule has 6 rings (SSSR count). The molecule has 6 nitrogen and oxygen atoms in total. The van der Waals surface area contributed by atoms with E-state index in [0.717, 1.165) is 55.7 Å². The number of hydrogen-bond donors (Lipinski definition) is 1. The highest BCUT2D eigenvalue weighted by molar-refractivity contribution is 7.22. The molecule has 0 saturated carbocycles. The Kier molecular flexibility index (Phi) is 5.36.